The van der Waals surface area contributed by atoms with E-state index >= 15 is 0 Å². The molecule has 0 amide bonds. The van der Waals surface area contributed by atoms with Crippen LogP contribution in [-0.2, 0) is 0 Å². The SMILES string of the molecule is CCNCC=CCNCCCCNCCCCNCC. The fourth-order valence-electron chi connectivity index (χ4n) is 1.88. The average molecular weight is 284 g/mol. The van der Waals surface area contributed by atoms with Gasteiger partial charge in [0.25, 0.3) is 0 Å². The molecule has 0 radical (unpaired) electrons. The van der Waals surface area contributed by atoms with E-state index in [1.54, 1.807) is 0 Å². The molecule has 4 nitrogen and oxygen atoms in total. The molecule has 0 heterocycles. The molecule has 0 aromatic carbocycles. The van der Waals surface area contributed by atoms with Gasteiger partial charge in [0.05, 0.1) is 0 Å². The summed E-state index contributed by atoms with van der Waals surface area (Å²) in [6, 6.07) is 0. The number of hydrogen-bond donors (Lipinski definition) is 4. The molecule has 0 aliphatic heterocycles. The van der Waals surface area contributed by atoms with Crippen LogP contribution in [-0.4, -0.2) is 52.4 Å². The molecular formula is C16H36N4. The van der Waals surface area contributed by atoms with Crippen LogP contribution in [0.5, 0.6) is 0 Å². The second-order valence-corrected chi connectivity index (χ2v) is 5.00. The van der Waals surface area contributed by atoms with Crippen molar-refractivity contribution >= 4 is 0 Å². The average Bonchev–Trinajstić information content (AvgIpc) is 2.47. The zero-order valence-corrected chi connectivity index (χ0v) is 13.6. The van der Waals surface area contributed by atoms with Gasteiger partial charge in [0.1, 0.15) is 0 Å². The minimum atomic E-state index is 0.982. The second-order valence-electron chi connectivity index (χ2n) is 5.00. The van der Waals surface area contributed by atoms with E-state index in [2.05, 4.69) is 47.3 Å². The fourth-order valence-corrected chi connectivity index (χ4v) is 1.88. The van der Waals surface area contributed by atoms with Crippen LogP contribution in [0.3, 0.4) is 0 Å². The molecule has 0 saturated heterocycles. The van der Waals surface area contributed by atoms with Crippen LogP contribution in [0.1, 0.15) is 39.5 Å². The second kappa shape index (κ2) is 18.6. The lowest BCUT2D eigenvalue weighted by atomic mass is 10.2. The van der Waals surface area contributed by atoms with Crippen molar-refractivity contribution in [2.45, 2.75) is 39.5 Å². The van der Waals surface area contributed by atoms with Gasteiger partial charge in [-0.1, -0.05) is 26.0 Å². The van der Waals surface area contributed by atoms with Crippen LogP contribution in [0, 0.1) is 0 Å². The quantitative estimate of drug-likeness (QED) is 0.256. The van der Waals surface area contributed by atoms with E-state index in [1.165, 1.54) is 25.7 Å². The van der Waals surface area contributed by atoms with Gasteiger partial charge < -0.3 is 21.3 Å². The zero-order chi connectivity index (χ0) is 14.7. The molecule has 0 aromatic heterocycles. The molecule has 4 heteroatoms. The van der Waals surface area contributed by atoms with Gasteiger partial charge in [-0.3, -0.25) is 0 Å². The first-order valence-corrected chi connectivity index (χ1v) is 8.39. The molecule has 0 atom stereocenters. The molecule has 0 spiro atoms. The Bertz CT molecular complexity index is 195. The van der Waals surface area contributed by atoms with Gasteiger partial charge >= 0.3 is 0 Å². The van der Waals surface area contributed by atoms with Crippen LogP contribution < -0.4 is 21.3 Å². The molecule has 4 N–H and O–H groups in total. The summed E-state index contributed by atoms with van der Waals surface area (Å²) in [6.45, 7) is 13.0. The Labute approximate surface area is 126 Å². The van der Waals surface area contributed by atoms with Crippen molar-refractivity contribution in [1.29, 1.82) is 0 Å². The Balaban J connectivity index is 2.97. The highest BCUT2D eigenvalue weighted by atomic mass is 14.9. The van der Waals surface area contributed by atoms with Gasteiger partial charge in [-0.2, -0.15) is 0 Å². The van der Waals surface area contributed by atoms with E-state index < -0.39 is 0 Å². The Morgan fingerprint density at radius 2 is 1.00 bits per heavy atom. The van der Waals surface area contributed by atoms with Gasteiger partial charge in [-0.15, -0.1) is 0 Å². The highest BCUT2D eigenvalue weighted by molar-refractivity contribution is 4.85. The van der Waals surface area contributed by atoms with Crippen LogP contribution in [0.2, 0.25) is 0 Å². The van der Waals surface area contributed by atoms with Crippen LogP contribution in [0.4, 0.5) is 0 Å². The van der Waals surface area contributed by atoms with Crippen molar-refractivity contribution in [2.75, 3.05) is 52.4 Å². The van der Waals surface area contributed by atoms with Gasteiger partial charge in [0.2, 0.25) is 0 Å². The molecule has 0 aliphatic rings. The molecule has 120 valence electrons. The maximum Gasteiger partial charge on any atom is 0.0135 e. The van der Waals surface area contributed by atoms with Crippen molar-refractivity contribution in [3.05, 3.63) is 12.2 Å². The van der Waals surface area contributed by atoms with Crippen LogP contribution in [0.15, 0.2) is 12.2 Å². The number of nitrogens with one attached hydrogen (secondary N) is 4. The Morgan fingerprint density at radius 3 is 1.55 bits per heavy atom. The standard InChI is InChI=1S/C16H36N4/c1-3-17-11-5-7-13-19-15-9-10-16-20-14-8-6-12-18-4-2/h5,7,17-20H,3-4,6,8-16H2,1-2H3. The van der Waals surface area contributed by atoms with Crippen molar-refractivity contribution in [1.82, 2.24) is 21.3 Å². The van der Waals surface area contributed by atoms with Crippen LogP contribution in [0.25, 0.3) is 0 Å². The number of hydrogen-bond acceptors (Lipinski definition) is 4. The topological polar surface area (TPSA) is 48.1 Å². The van der Waals surface area contributed by atoms with Crippen molar-refractivity contribution in [3.63, 3.8) is 0 Å². The van der Waals surface area contributed by atoms with E-state index in [-0.39, 0.29) is 0 Å². The number of likely N-dealkylation sites (N-methyl/N-ethyl adjacent to an activating group) is 1. The summed E-state index contributed by atoms with van der Waals surface area (Å²) < 4.78 is 0. The molecule has 0 saturated carbocycles. The minimum Gasteiger partial charge on any atom is -0.317 e. The summed E-state index contributed by atoms with van der Waals surface area (Å²) in [7, 11) is 0. The number of rotatable bonds is 16. The Kier molecular flexibility index (Phi) is 18.2. The Hall–Kier alpha value is -0.420. The highest BCUT2D eigenvalue weighted by Gasteiger charge is 1.90. The highest BCUT2D eigenvalue weighted by Crippen LogP contribution is 1.87. The smallest absolute Gasteiger partial charge is 0.0135 e. The lowest BCUT2D eigenvalue weighted by Gasteiger charge is -2.05. The lowest BCUT2D eigenvalue weighted by molar-refractivity contribution is 0.563. The summed E-state index contributed by atoms with van der Waals surface area (Å²) in [5, 5.41) is 13.6. The summed E-state index contributed by atoms with van der Waals surface area (Å²) in [6.07, 6.45) is 9.47. The summed E-state index contributed by atoms with van der Waals surface area (Å²) in [4.78, 5) is 0. The molecule has 0 rings (SSSR count). The fraction of sp³-hybridized carbons (Fsp3) is 0.875. The number of unbranched alkanes of at least 4 members (excludes halogenated alkanes) is 2. The molecule has 0 aromatic rings. The van der Waals surface area contributed by atoms with Crippen LogP contribution >= 0.6 is 0 Å². The van der Waals surface area contributed by atoms with E-state index in [1.807, 2.05) is 0 Å². The van der Waals surface area contributed by atoms with E-state index in [9.17, 15) is 0 Å². The first-order valence-electron chi connectivity index (χ1n) is 8.39. The molecule has 0 bridgehead atoms. The predicted molar refractivity (Wildman–Crippen MR) is 90.4 cm³/mol. The zero-order valence-electron chi connectivity index (χ0n) is 13.6. The molecular weight excluding hydrogens is 248 g/mol. The lowest BCUT2D eigenvalue weighted by Crippen LogP contribution is -2.21. The molecule has 0 unspecified atom stereocenters. The minimum absolute atomic E-state index is 0.982. The van der Waals surface area contributed by atoms with E-state index in [0.717, 1.165) is 52.4 Å². The maximum atomic E-state index is 3.51. The molecule has 0 fully saturated rings. The first kappa shape index (κ1) is 19.6. The summed E-state index contributed by atoms with van der Waals surface area (Å²) >= 11 is 0. The van der Waals surface area contributed by atoms with Gasteiger partial charge in [-0.25, -0.2) is 0 Å². The molecule has 20 heavy (non-hydrogen) atoms. The maximum absolute atomic E-state index is 3.51. The third-order valence-corrected chi connectivity index (χ3v) is 3.11. The third kappa shape index (κ3) is 17.6. The predicted octanol–water partition coefficient (Wildman–Crippen LogP) is 1.50. The van der Waals surface area contributed by atoms with Crippen molar-refractivity contribution < 1.29 is 0 Å². The Morgan fingerprint density at radius 1 is 0.550 bits per heavy atom. The van der Waals surface area contributed by atoms with E-state index in [4.69, 9.17) is 0 Å². The first-order chi connectivity index (χ1) is 9.91. The monoisotopic (exact) mass is 284 g/mol. The largest absolute Gasteiger partial charge is 0.317 e. The normalized spacial score (nSPS) is 11.5. The van der Waals surface area contributed by atoms with Crippen molar-refractivity contribution in [3.8, 4) is 0 Å². The van der Waals surface area contributed by atoms with E-state index in [0.29, 0.717) is 0 Å². The van der Waals surface area contributed by atoms with Gasteiger partial charge in [-0.05, 0) is 65.0 Å². The van der Waals surface area contributed by atoms with Gasteiger partial charge in [0, 0.05) is 13.1 Å². The third-order valence-electron chi connectivity index (χ3n) is 3.11. The molecule has 0 aliphatic carbocycles. The van der Waals surface area contributed by atoms with Gasteiger partial charge in [0.15, 0.2) is 0 Å². The summed E-state index contributed by atoms with van der Waals surface area (Å²) in [5.74, 6) is 0. The van der Waals surface area contributed by atoms with Crippen molar-refractivity contribution in [2.24, 2.45) is 0 Å². The summed E-state index contributed by atoms with van der Waals surface area (Å²) in [5.41, 5.74) is 0.